The van der Waals surface area contributed by atoms with Gasteiger partial charge < -0.3 is 15.0 Å². The Kier molecular flexibility index (Phi) is 6.72. The number of nitrogens with one attached hydrogen (secondary N) is 1. The van der Waals surface area contributed by atoms with E-state index in [1.54, 1.807) is 24.3 Å². The Balaban J connectivity index is 1.42. The van der Waals surface area contributed by atoms with Gasteiger partial charge in [0.2, 0.25) is 0 Å². The van der Waals surface area contributed by atoms with E-state index < -0.39 is 17.2 Å². The van der Waals surface area contributed by atoms with E-state index in [1.165, 1.54) is 30.9 Å². The SMILES string of the molecule is CC1CCCC(C)N1C(=O)COc1ccc(C(=O)Nc2cnc3c(c2)c(=O)n(C)c(=O)n3C)cc1. The van der Waals surface area contributed by atoms with Gasteiger partial charge >= 0.3 is 5.69 Å². The van der Waals surface area contributed by atoms with Crippen molar-refractivity contribution in [2.45, 2.75) is 45.2 Å². The van der Waals surface area contributed by atoms with Crippen LogP contribution in [-0.4, -0.2) is 49.5 Å². The van der Waals surface area contributed by atoms with Gasteiger partial charge in [0, 0.05) is 31.7 Å². The van der Waals surface area contributed by atoms with Gasteiger partial charge in [-0.1, -0.05) is 0 Å². The zero-order valence-corrected chi connectivity index (χ0v) is 20.3. The molecule has 3 aromatic rings. The van der Waals surface area contributed by atoms with E-state index in [0.717, 1.165) is 23.8 Å². The minimum absolute atomic E-state index is 0.0426. The summed E-state index contributed by atoms with van der Waals surface area (Å²) in [5.74, 6) is 0.0503. The molecule has 184 valence electrons. The zero-order valence-electron chi connectivity index (χ0n) is 20.3. The summed E-state index contributed by atoms with van der Waals surface area (Å²) in [7, 11) is 2.92. The number of carbonyl (C=O) groups is 2. The maximum absolute atomic E-state index is 12.7. The lowest BCUT2D eigenvalue weighted by atomic mass is 9.97. The van der Waals surface area contributed by atoms with E-state index in [2.05, 4.69) is 24.1 Å². The summed E-state index contributed by atoms with van der Waals surface area (Å²) in [4.78, 5) is 55.9. The predicted octanol–water partition coefficient (Wildman–Crippen LogP) is 2.05. The molecular formula is C25H29N5O5. The third kappa shape index (κ3) is 4.82. The summed E-state index contributed by atoms with van der Waals surface area (Å²) in [6.07, 6.45) is 4.52. The number of hydrogen-bond acceptors (Lipinski definition) is 6. The van der Waals surface area contributed by atoms with Crippen molar-refractivity contribution >= 4 is 28.5 Å². The number of fused-ring (bicyclic) bond motifs is 1. The molecule has 1 saturated heterocycles. The number of benzene rings is 1. The Bertz CT molecular complexity index is 1380. The van der Waals surface area contributed by atoms with Crippen LogP contribution >= 0.6 is 0 Å². The average molecular weight is 480 g/mol. The molecule has 10 nitrogen and oxygen atoms in total. The summed E-state index contributed by atoms with van der Waals surface area (Å²) in [5.41, 5.74) is -0.0309. The van der Waals surface area contributed by atoms with Crippen LogP contribution in [0, 0.1) is 0 Å². The van der Waals surface area contributed by atoms with Gasteiger partial charge in [-0.2, -0.15) is 0 Å². The average Bonchev–Trinajstić information content (AvgIpc) is 2.85. The fourth-order valence-corrected chi connectivity index (χ4v) is 4.57. The molecule has 1 aliphatic rings. The molecule has 0 aliphatic carbocycles. The molecule has 2 unspecified atom stereocenters. The maximum Gasteiger partial charge on any atom is 0.332 e. The molecule has 2 amide bonds. The molecule has 2 aromatic heterocycles. The molecule has 0 spiro atoms. The van der Waals surface area contributed by atoms with Crippen LogP contribution in [0.4, 0.5) is 5.69 Å². The second-order valence-electron chi connectivity index (χ2n) is 9.00. The summed E-state index contributed by atoms with van der Waals surface area (Å²) in [6.45, 7) is 4.07. The van der Waals surface area contributed by atoms with Crippen molar-refractivity contribution < 1.29 is 14.3 Å². The maximum atomic E-state index is 12.7. The Morgan fingerprint density at radius 1 is 1.06 bits per heavy atom. The van der Waals surface area contributed by atoms with Gasteiger partial charge in [-0.25, -0.2) is 9.78 Å². The molecule has 0 bridgehead atoms. The first-order valence-electron chi connectivity index (χ1n) is 11.6. The largest absolute Gasteiger partial charge is 0.484 e. The van der Waals surface area contributed by atoms with Gasteiger partial charge in [0.15, 0.2) is 6.61 Å². The minimum Gasteiger partial charge on any atom is -0.484 e. The summed E-state index contributed by atoms with van der Waals surface area (Å²) in [6, 6.07) is 8.36. The minimum atomic E-state index is -0.490. The Hall–Kier alpha value is -3.95. The van der Waals surface area contributed by atoms with E-state index in [0.29, 0.717) is 17.0 Å². The third-order valence-corrected chi connectivity index (χ3v) is 6.51. The molecule has 0 radical (unpaired) electrons. The number of amides is 2. The fourth-order valence-electron chi connectivity index (χ4n) is 4.57. The highest BCUT2D eigenvalue weighted by Gasteiger charge is 2.29. The van der Waals surface area contributed by atoms with Crippen LogP contribution in [0.3, 0.4) is 0 Å². The Morgan fingerprint density at radius 2 is 1.71 bits per heavy atom. The predicted molar refractivity (Wildman–Crippen MR) is 132 cm³/mol. The normalized spacial score (nSPS) is 17.9. The standard InChI is InChI=1S/C25H29N5O5/c1-15-6-5-7-16(2)30(15)21(31)14-35-19-10-8-17(9-11-19)23(32)27-18-12-20-22(26-13-18)28(3)25(34)29(4)24(20)33/h8-13,15-16H,5-7,14H2,1-4H3,(H,27,32). The van der Waals surface area contributed by atoms with Gasteiger partial charge in [0.05, 0.1) is 17.3 Å². The van der Waals surface area contributed by atoms with Crippen molar-refractivity contribution in [3.8, 4) is 5.75 Å². The molecule has 3 heterocycles. The molecule has 10 heteroatoms. The molecule has 2 atom stereocenters. The van der Waals surface area contributed by atoms with Crippen molar-refractivity contribution in [1.29, 1.82) is 0 Å². The first-order chi connectivity index (χ1) is 16.7. The Labute approximate surface area is 202 Å². The van der Waals surface area contributed by atoms with Gasteiger partial charge in [0.25, 0.3) is 17.4 Å². The van der Waals surface area contributed by atoms with Crippen molar-refractivity contribution in [3.05, 3.63) is 62.9 Å². The highest BCUT2D eigenvalue weighted by Crippen LogP contribution is 2.23. The zero-order chi connectivity index (χ0) is 25.3. The van der Waals surface area contributed by atoms with Gasteiger partial charge in [-0.15, -0.1) is 0 Å². The molecule has 4 rings (SSSR count). The number of carbonyl (C=O) groups excluding carboxylic acids is 2. The first kappa shape index (κ1) is 24.2. The molecule has 1 aliphatic heterocycles. The van der Waals surface area contributed by atoms with E-state index in [-0.39, 0.29) is 35.6 Å². The second kappa shape index (κ2) is 9.73. The number of rotatable bonds is 5. The van der Waals surface area contributed by atoms with Crippen molar-refractivity contribution in [2.24, 2.45) is 14.1 Å². The van der Waals surface area contributed by atoms with E-state index in [9.17, 15) is 19.2 Å². The molecule has 1 fully saturated rings. The number of nitrogens with zero attached hydrogens (tertiary/aromatic N) is 4. The number of likely N-dealkylation sites (tertiary alicyclic amines) is 1. The van der Waals surface area contributed by atoms with Crippen LogP contribution in [0.1, 0.15) is 43.5 Å². The number of ether oxygens (including phenoxy) is 1. The molecule has 1 aromatic carbocycles. The molecule has 35 heavy (non-hydrogen) atoms. The highest BCUT2D eigenvalue weighted by atomic mass is 16.5. The number of aryl methyl sites for hydroxylation is 1. The van der Waals surface area contributed by atoms with Crippen molar-refractivity contribution in [3.63, 3.8) is 0 Å². The molecule has 0 saturated carbocycles. The van der Waals surface area contributed by atoms with Crippen molar-refractivity contribution in [2.75, 3.05) is 11.9 Å². The smallest absolute Gasteiger partial charge is 0.332 e. The van der Waals surface area contributed by atoms with E-state index >= 15 is 0 Å². The third-order valence-electron chi connectivity index (χ3n) is 6.51. The van der Waals surface area contributed by atoms with Gasteiger partial charge in [-0.3, -0.25) is 23.5 Å². The fraction of sp³-hybridized carbons (Fsp3) is 0.400. The van der Waals surface area contributed by atoms with Crippen molar-refractivity contribution in [1.82, 2.24) is 19.0 Å². The lowest BCUT2D eigenvalue weighted by molar-refractivity contribution is -0.139. The number of aromatic nitrogens is 3. The van der Waals surface area contributed by atoms with Crippen LogP contribution < -0.4 is 21.3 Å². The second-order valence-corrected chi connectivity index (χ2v) is 9.00. The summed E-state index contributed by atoms with van der Waals surface area (Å²) >= 11 is 0. The first-order valence-corrected chi connectivity index (χ1v) is 11.6. The number of anilines is 1. The Morgan fingerprint density at radius 3 is 2.37 bits per heavy atom. The quantitative estimate of drug-likeness (QED) is 0.599. The van der Waals surface area contributed by atoms with Crippen LogP contribution in [-0.2, 0) is 18.9 Å². The van der Waals surface area contributed by atoms with Gasteiger partial charge in [-0.05, 0) is 63.4 Å². The summed E-state index contributed by atoms with van der Waals surface area (Å²) in [5, 5.41) is 2.94. The molecular weight excluding hydrogens is 450 g/mol. The van der Waals surface area contributed by atoms with Crippen LogP contribution in [0.25, 0.3) is 11.0 Å². The lowest BCUT2D eigenvalue weighted by Crippen LogP contribution is -2.49. The highest BCUT2D eigenvalue weighted by molar-refractivity contribution is 6.04. The monoisotopic (exact) mass is 479 g/mol. The van der Waals surface area contributed by atoms with Gasteiger partial charge in [0.1, 0.15) is 11.4 Å². The lowest BCUT2D eigenvalue weighted by Gasteiger charge is -2.38. The van der Waals surface area contributed by atoms with E-state index in [4.69, 9.17) is 4.74 Å². The van der Waals surface area contributed by atoms with Crippen LogP contribution in [0.5, 0.6) is 5.75 Å². The van der Waals surface area contributed by atoms with E-state index in [1.807, 2.05) is 4.90 Å². The topological polar surface area (TPSA) is 116 Å². The summed E-state index contributed by atoms with van der Waals surface area (Å²) < 4.78 is 7.93. The van der Waals surface area contributed by atoms with Crippen LogP contribution in [0.2, 0.25) is 0 Å². The van der Waals surface area contributed by atoms with Crippen LogP contribution in [0.15, 0.2) is 46.1 Å². The number of piperidine rings is 1. The number of pyridine rings is 1. The molecule has 1 N–H and O–H groups in total. The number of hydrogen-bond donors (Lipinski definition) is 1.